The first-order chi connectivity index (χ1) is 8.25. The van der Waals surface area contributed by atoms with E-state index in [1.807, 2.05) is 18.2 Å². The highest BCUT2D eigenvalue weighted by molar-refractivity contribution is 5.92. The average molecular weight is 229 g/mol. The number of aromatic carboxylic acids is 1. The summed E-state index contributed by atoms with van der Waals surface area (Å²) in [6.07, 6.45) is 2.43. The van der Waals surface area contributed by atoms with Crippen LogP contribution in [-0.2, 0) is 0 Å². The lowest BCUT2D eigenvalue weighted by Crippen LogP contribution is -1.99. The van der Waals surface area contributed by atoms with Gasteiger partial charge in [0.15, 0.2) is 5.69 Å². The van der Waals surface area contributed by atoms with Crippen molar-refractivity contribution >= 4 is 5.97 Å². The molecule has 5 nitrogen and oxygen atoms in total. The van der Waals surface area contributed by atoms with E-state index in [1.165, 1.54) is 18.4 Å². The molecule has 0 spiro atoms. The summed E-state index contributed by atoms with van der Waals surface area (Å²) in [5.74, 6) is -0.430. The van der Waals surface area contributed by atoms with Crippen molar-refractivity contribution in [1.82, 2.24) is 15.4 Å². The van der Waals surface area contributed by atoms with Crippen molar-refractivity contribution < 1.29 is 9.90 Å². The van der Waals surface area contributed by atoms with Crippen LogP contribution in [0.3, 0.4) is 0 Å². The molecule has 0 unspecified atom stereocenters. The summed E-state index contributed by atoms with van der Waals surface area (Å²) in [6, 6.07) is 7.86. The zero-order valence-corrected chi connectivity index (χ0v) is 9.05. The monoisotopic (exact) mass is 229 g/mol. The van der Waals surface area contributed by atoms with Crippen molar-refractivity contribution in [3.63, 3.8) is 0 Å². The highest BCUT2D eigenvalue weighted by atomic mass is 16.4. The lowest BCUT2D eigenvalue weighted by molar-refractivity contribution is 0.0691. The fraction of sp³-hybridized carbons (Fsp3) is 0.250. The molecule has 0 aliphatic heterocycles. The van der Waals surface area contributed by atoms with E-state index in [2.05, 4.69) is 21.5 Å². The van der Waals surface area contributed by atoms with Crippen molar-refractivity contribution in [2.75, 3.05) is 0 Å². The van der Waals surface area contributed by atoms with Gasteiger partial charge in [-0.3, -0.25) is 0 Å². The number of benzene rings is 1. The summed E-state index contributed by atoms with van der Waals surface area (Å²) < 4.78 is 0. The third-order valence-electron chi connectivity index (χ3n) is 2.96. The molecule has 5 heteroatoms. The molecule has 1 aromatic carbocycles. The van der Waals surface area contributed by atoms with Crippen molar-refractivity contribution in [3.05, 3.63) is 35.5 Å². The Morgan fingerprint density at radius 3 is 2.88 bits per heavy atom. The fourth-order valence-corrected chi connectivity index (χ4v) is 1.94. The second-order valence-corrected chi connectivity index (χ2v) is 4.23. The molecule has 1 aromatic heterocycles. The van der Waals surface area contributed by atoms with E-state index in [0.717, 1.165) is 5.56 Å². The highest BCUT2D eigenvalue weighted by Crippen LogP contribution is 2.41. The van der Waals surface area contributed by atoms with Crippen LogP contribution in [0.15, 0.2) is 24.3 Å². The van der Waals surface area contributed by atoms with Gasteiger partial charge in [-0.2, -0.15) is 10.3 Å². The number of hydrogen-bond acceptors (Lipinski definition) is 3. The number of H-pyrrole nitrogens is 1. The van der Waals surface area contributed by atoms with E-state index in [9.17, 15) is 4.79 Å². The highest BCUT2D eigenvalue weighted by Gasteiger charge is 2.24. The van der Waals surface area contributed by atoms with Crippen LogP contribution in [0.25, 0.3) is 11.3 Å². The van der Waals surface area contributed by atoms with E-state index >= 15 is 0 Å². The summed E-state index contributed by atoms with van der Waals surface area (Å²) >= 11 is 0. The van der Waals surface area contributed by atoms with Crippen LogP contribution in [0.2, 0.25) is 0 Å². The van der Waals surface area contributed by atoms with E-state index in [0.29, 0.717) is 11.6 Å². The molecular formula is C12H11N3O2. The van der Waals surface area contributed by atoms with E-state index in [4.69, 9.17) is 5.11 Å². The summed E-state index contributed by atoms with van der Waals surface area (Å²) in [5.41, 5.74) is 2.43. The first-order valence-electron chi connectivity index (χ1n) is 5.50. The fourth-order valence-electron chi connectivity index (χ4n) is 1.94. The number of hydrogen-bond donors (Lipinski definition) is 2. The Balaban J connectivity index is 2.05. The number of aromatic amines is 1. The molecule has 0 radical (unpaired) electrons. The molecule has 3 rings (SSSR count). The number of nitrogens with zero attached hydrogens (tertiary/aromatic N) is 2. The molecule has 1 heterocycles. The number of nitrogens with one attached hydrogen (secondary N) is 1. The molecule has 2 N–H and O–H groups in total. The van der Waals surface area contributed by atoms with Crippen molar-refractivity contribution in [3.8, 4) is 11.3 Å². The molecule has 1 fully saturated rings. The van der Waals surface area contributed by atoms with Gasteiger partial charge in [-0.05, 0) is 30.4 Å². The third-order valence-corrected chi connectivity index (χ3v) is 2.96. The first-order valence-corrected chi connectivity index (χ1v) is 5.50. The van der Waals surface area contributed by atoms with Gasteiger partial charge in [0.1, 0.15) is 5.69 Å². The third kappa shape index (κ3) is 1.80. The van der Waals surface area contributed by atoms with E-state index < -0.39 is 5.97 Å². The van der Waals surface area contributed by atoms with Crippen LogP contribution in [0.5, 0.6) is 0 Å². The van der Waals surface area contributed by atoms with Gasteiger partial charge in [0.05, 0.1) is 0 Å². The number of carboxylic acid groups (broad SMARTS) is 1. The maximum absolute atomic E-state index is 11.0. The molecule has 0 amide bonds. The number of carboxylic acids is 1. The molecule has 86 valence electrons. The SMILES string of the molecule is O=C(O)c1n[nH]nc1-c1cccc(C2CC2)c1. The summed E-state index contributed by atoms with van der Waals surface area (Å²) in [4.78, 5) is 11.0. The van der Waals surface area contributed by atoms with Crippen LogP contribution in [0.1, 0.15) is 34.8 Å². The molecule has 17 heavy (non-hydrogen) atoms. The zero-order chi connectivity index (χ0) is 11.8. The van der Waals surface area contributed by atoms with Crippen LogP contribution in [-0.4, -0.2) is 26.5 Å². The standard InChI is InChI=1S/C12H11N3O2/c16-12(17)11-10(13-15-14-11)9-3-1-2-8(6-9)7-4-5-7/h1-3,6-7H,4-5H2,(H,16,17)(H,13,14,15). The minimum absolute atomic E-state index is 0.0297. The van der Waals surface area contributed by atoms with Gasteiger partial charge in [-0.15, -0.1) is 5.10 Å². The maximum Gasteiger partial charge on any atom is 0.358 e. The van der Waals surface area contributed by atoms with Gasteiger partial charge in [-0.25, -0.2) is 4.79 Å². The largest absolute Gasteiger partial charge is 0.476 e. The molecular weight excluding hydrogens is 218 g/mol. The van der Waals surface area contributed by atoms with Crippen LogP contribution in [0, 0.1) is 0 Å². The smallest absolute Gasteiger partial charge is 0.358 e. The number of carbonyl (C=O) groups is 1. The molecule has 0 bridgehead atoms. The topological polar surface area (TPSA) is 78.9 Å². The molecule has 0 atom stereocenters. The Labute approximate surface area is 97.5 Å². The lowest BCUT2D eigenvalue weighted by Gasteiger charge is -2.01. The molecule has 1 aliphatic carbocycles. The normalized spacial score (nSPS) is 14.8. The van der Waals surface area contributed by atoms with Crippen molar-refractivity contribution in [2.24, 2.45) is 0 Å². The molecule has 2 aromatic rings. The number of aromatic nitrogens is 3. The van der Waals surface area contributed by atoms with Crippen LogP contribution < -0.4 is 0 Å². The Bertz CT molecular complexity index is 573. The van der Waals surface area contributed by atoms with Crippen LogP contribution >= 0.6 is 0 Å². The Morgan fingerprint density at radius 2 is 2.18 bits per heavy atom. The molecule has 1 saturated carbocycles. The summed E-state index contributed by atoms with van der Waals surface area (Å²) in [7, 11) is 0. The predicted molar refractivity (Wildman–Crippen MR) is 60.8 cm³/mol. The quantitative estimate of drug-likeness (QED) is 0.844. The predicted octanol–water partition coefficient (Wildman–Crippen LogP) is 2.05. The van der Waals surface area contributed by atoms with Gasteiger partial charge >= 0.3 is 5.97 Å². The second-order valence-electron chi connectivity index (χ2n) is 4.23. The summed E-state index contributed by atoms with van der Waals surface area (Å²) in [5, 5.41) is 18.9. The van der Waals surface area contributed by atoms with Gasteiger partial charge < -0.3 is 5.11 Å². The maximum atomic E-state index is 11.0. The zero-order valence-electron chi connectivity index (χ0n) is 9.05. The molecule has 0 saturated heterocycles. The van der Waals surface area contributed by atoms with E-state index in [-0.39, 0.29) is 5.69 Å². The Hall–Kier alpha value is -2.17. The Morgan fingerprint density at radius 1 is 1.35 bits per heavy atom. The van der Waals surface area contributed by atoms with Gasteiger partial charge in [0.2, 0.25) is 0 Å². The minimum Gasteiger partial charge on any atom is -0.476 e. The van der Waals surface area contributed by atoms with Gasteiger partial charge in [0, 0.05) is 5.56 Å². The average Bonchev–Trinajstić information content (AvgIpc) is 3.06. The summed E-state index contributed by atoms with van der Waals surface area (Å²) in [6.45, 7) is 0. The second kappa shape index (κ2) is 3.69. The minimum atomic E-state index is -1.06. The van der Waals surface area contributed by atoms with E-state index in [1.54, 1.807) is 0 Å². The van der Waals surface area contributed by atoms with Crippen molar-refractivity contribution in [1.29, 1.82) is 0 Å². The van der Waals surface area contributed by atoms with Gasteiger partial charge in [0.25, 0.3) is 0 Å². The molecule has 1 aliphatic rings. The van der Waals surface area contributed by atoms with Crippen molar-refractivity contribution in [2.45, 2.75) is 18.8 Å². The van der Waals surface area contributed by atoms with Crippen LogP contribution in [0.4, 0.5) is 0 Å². The van der Waals surface area contributed by atoms with Gasteiger partial charge in [-0.1, -0.05) is 18.2 Å². The lowest BCUT2D eigenvalue weighted by atomic mass is 10.0. The number of rotatable bonds is 3. The Kier molecular flexibility index (Phi) is 2.18. The first kappa shape index (κ1) is 10.0.